The third kappa shape index (κ3) is 3.99. The van der Waals surface area contributed by atoms with E-state index >= 15 is 0 Å². The molecule has 2 aromatic rings. The SMILES string of the molecule is CCc1cccc(CC2C(Cl)CC(Cl)C2c2cccc3c2CCCCC3O)c1. The molecule has 150 valence electrons. The molecule has 1 fully saturated rings. The van der Waals surface area contributed by atoms with Crippen LogP contribution in [0.25, 0.3) is 0 Å². The van der Waals surface area contributed by atoms with Crippen LogP contribution in [0.2, 0.25) is 0 Å². The molecule has 0 radical (unpaired) electrons. The predicted octanol–water partition coefficient (Wildman–Crippen LogP) is 6.57. The van der Waals surface area contributed by atoms with Crippen LogP contribution in [0, 0.1) is 5.92 Å². The minimum Gasteiger partial charge on any atom is -0.388 e. The van der Waals surface area contributed by atoms with Crippen LogP contribution in [0.1, 0.15) is 72.4 Å². The first-order valence-corrected chi connectivity index (χ1v) is 11.6. The molecule has 1 saturated carbocycles. The number of hydrogen-bond donors (Lipinski definition) is 1. The van der Waals surface area contributed by atoms with Crippen LogP contribution in [-0.4, -0.2) is 15.9 Å². The Morgan fingerprint density at radius 1 is 0.964 bits per heavy atom. The average Bonchev–Trinajstić information content (AvgIpc) is 2.85. The summed E-state index contributed by atoms with van der Waals surface area (Å²) in [6, 6.07) is 15.3. The molecule has 5 unspecified atom stereocenters. The lowest BCUT2D eigenvalue weighted by atomic mass is 9.80. The van der Waals surface area contributed by atoms with E-state index in [4.69, 9.17) is 23.2 Å². The first-order valence-electron chi connectivity index (χ1n) is 10.7. The highest BCUT2D eigenvalue weighted by atomic mass is 35.5. The van der Waals surface area contributed by atoms with Crippen LogP contribution < -0.4 is 0 Å². The number of aliphatic hydroxyl groups is 1. The molecule has 0 bridgehead atoms. The van der Waals surface area contributed by atoms with Gasteiger partial charge < -0.3 is 5.11 Å². The van der Waals surface area contributed by atoms with Gasteiger partial charge in [0.25, 0.3) is 0 Å². The van der Waals surface area contributed by atoms with Crippen molar-refractivity contribution in [3.63, 3.8) is 0 Å². The van der Waals surface area contributed by atoms with Crippen LogP contribution in [0.15, 0.2) is 42.5 Å². The van der Waals surface area contributed by atoms with Crippen LogP contribution in [-0.2, 0) is 19.3 Å². The van der Waals surface area contributed by atoms with Gasteiger partial charge in [0, 0.05) is 16.7 Å². The number of aryl methyl sites for hydroxylation is 1. The minimum atomic E-state index is -0.348. The third-order valence-corrected chi connectivity index (χ3v) is 7.71. The van der Waals surface area contributed by atoms with E-state index in [2.05, 4.69) is 49.4 Å². The normalized spacial score (nSPS) is 30.1. The van der Waals surface area contributed by atoms with Crippen molar-refractivity contribution in [3.05, 3.63) is 70.3 Å². The van der Waals surface area contributed by atoms with E-state index in [-0.39, 0.29) is 22.8 Å². The maximum Gasteiger partial charge on any atom is 0.0792 e. The predicted molar refractivity (Wildman–Crippen MR) is 119 cm³/mol. The highest BCUT2D eigenvalue weighted by molar-refractivity contribution is 6.25. The zero-order valence-corrected chi connectivity index (χ0v) is 18.1. The molecular weight excluding hydrogens is 387 g/mol. The summed E-state index contributed by atoms with van der Waals surface area (Å²) in [5.41, 5.74) is 6.51. The molecule has 2 aromatic carbocycles. The summed E-state index contributed by atoms with van der Waals surface area (Å²) in [6.07, 6.45) is 6.61. The molecule has 1 N–H and O–H groups in total. The van der Waals surface area contributed by atoms with Crippen molar-refractivity contribution in [3.8, 4) is 0 Å². The maximum absolute atomic E-state index is 10.6. The van der Waals surface area contributed by atoms with Crippen molar-refractivity contribution < 1.29 is 5.11 Å². The zero-order chi connectivity index (χ0) is 19.7. The summed E-state index contributed by atoms with van der Waals surface area (Å²) in [5, 5.41) is 10.8. The minimum absolute atomic E-state index is 0.0498. The first-order chi connectivity index (χ1) is 13.6. The van der Waals surface area contributed by atoms with Gasteiger partial charge in [0.1, 0.15) is 0 Å². The van der Waals surface area contributed by atoms with Crippen molar-refractivity contribution in [1.29, 1.82) is 0 Å². The summed E-state index contributed by atoms with van der Waals surface area (Å²) < 4.78 is 0. The van der Waals surface area contributed by atoms with Gasteiger partial charge in [0.2, 0.25) is 0 Å². The molecule has 0 aromatic heterocycles. The summed E-state index contributed by atoms with van der Waals surface area (Å²) in [6.45, 7) is 2.20. The van der Waals surface area contributed by atoms with E-state index in [1.54, 1.807) is 0 Å². The second-order valence-electron chi connectivity index (χ2n) is 8.51. The Morgan fingerprint density at radius 2 is 1.71 bits per heavy atom. The van der Waals surface area contributed by atoms with Crippen molar-refractivity contribution in [2.45, 2.75) is 74.6 Å². The quantitative estimate of drug-likeness (QED) is 0.441. The molecule has 5 atom stereocenters. The number of benzene rings is 2. The fraction of sp³-hybridized carbons (Fsp3) is 0.520. The summed E-state index contributed by atoms with van der Waals surface area (Å²) >= 11 is 13.8. The van der Waals surface area contributed by atoms with Gasteiger partial charge in [0.15, 0.2) is 0 Å². The molecule has 2 aliphatic rings. The van der Waals surface area contributed by atoms with Crippen molar-refractivity contribution >= 4 is 23.2 Å². The molecule has 0 heterocycles. The van der Waals surface area contributed by atoms with E-state index in [9.17, 15) is 5.11 Å². The number of aliphatic hydroxyl groups excluding tert-OH is 1. The number of halogens is 2. The second kappa shape index (κ2) is 8.78. The van der Waals surface area contributed by atoms with E-state index in [0.717, 1.165) is 50.5 Å². The summed E-state index contributed by atoms with van der Waals surface area (Å²) in [7, 11) is 0. The largest absolute Gasteiger partial charge is 0.388 e. The fourth-order valence-electron chi connectivity index (χ4n) is 5.29. The molecule has 1 nitrogen and oxygen atoms in total. The number of fused-ring (bicyclic) bond motifs is 1. The lowest BCUT2D eigenvalue weighted by Gasteiger charge is -2.28. The van der Waals surface area contributed by atoms with E-state index in [1.165, 1.54) is 22.3 Å². The molecule has 0 spiro atoms. The van der Waals surface area contributed by atoms with E-state index in [1.807, 2.05) is 0 Å². The van der Waals surface area contributed by atoms with Gasteiger partial charge in [-0.05, 0) is 72.3 Å². The fourth-order valence-corrected chi connectivity index (χ4v) is 6.33. The molecule has 2 aliphatic carbocycles. The van der Waals surface area contributed by atoms with Crippen LogP contribution >= 0.6 is 23.2 Å². The van der Waals surface area contributed by atoms with Crippen molar-refractivity contribution in [1.82, 2.24) is 0 Å². The van der Waals surface area contributed by atoms with Gasteiger partial charge in [-0.25, -0.2) is 0 Å². The molecule has 0 amide bonds. The third-order valence-electron chi connectivity index (χ3n) is 6.76. The van der Waals surface area contributed by atoms with Crippen molar-refractivity contribution in [2.75, 3.05) is 0 Å². The van der Waals surface area contributed by atoms with Crippen LogP contribution in [0.4, 0.5) is 0 Å². The topological polar surface area (TPSA) is 20.2 Å². The van der Waals surface area contributed by atoms with Crippen LogP contribution in [0.3, 0.4) is 0 Å². The van der Waals surface area contributed by atoms with Gasteiger partial charge in [-0.2, -0.15) is 0 Å². The van der Waals surface area contributed by atoms with Gasteiger partial charge in [0.05, 0.1) is 6.10 Å². The second-order valence-corrected chi connectivity index (χ2v) is 9.63. The zero-order valence-electron chi connectivity index (χ0n) is 16.6. The average molecular weight is 417 g/mol. The number of rotatable bonds is 4. The van der Waals surface area contributed by atoms with Gasteiger partial charge in [-0.15, -0.1) is 23.2 Å². The molecule has 3 heteroatoms. The summed E-state index contributed by atoms with van der Waals surface area (Å²) in [4.78, 5) is 0. The van der Waals surface area contributed by atoms with E-state index in [0.29, 0.717) is 5.92 Å². The molecule has 0 aliphatic heterocycles. The number of alkyl halides is 2. The Hall–Kier alpha value is -1.02. The van der Waals surface area contributed by atoms with E-state index < -0.39 is 0 Å². The number of hydrogen-bond acceptors (Lipinski definition) is 1. The smallest absolute Gasteiger partial charge is 0.0792 e. The lowest BCUT2D eigenvalue weighted by Crippen LogP contribution is -2.21. The monoisotopic (exact) mass is 416 g/mol. The van der Waals surface area contributed by atoms with Crippen LogP contribution in [0.5, 0.6) is 0 Å². The highest BCUT2D eigenvalue weighted by Gasteiger charge is 2.43. The Labute approximate surface area is 179 Å². The van der Waals surface area contributed by atoms with Crippen molar-refractivity contribution in [2.24, 2.45) is 5.92 Å². The van der Waals surface area contributed by atoms with Gasteiger partial charge in [-0.1, -0.05) is 55.8 Å². The maximum atomic E-state index is 10.6. The lowest BCUT2D eigenvalue weighted by molar-refractivity contribution is 0.166. The molecule has 4 rings (SSSR count). The highest BCUT2D eigenvalue weighted by Crippen LogP contribution is 2.49. The Morgan fingerprint density at radius 3 is 2.54 bits per heavy atom. The standard InChI is InChI=1S/C25H30Cl2O/c1-2-16-7-5-8-17(13-16)14-21-22(26)15-23(27)25(21)20-11-6-10-19-18(20)9-3-4-12-24(19)28/h5-8,10-11,13,21-25,28H,2-4,9,12,14-15H2,1H3. The first kappa shape index (κ1) is 20.3. The molecular formula is C25H30Cl2O. The Bertz CT molecular complexity index is 818. The summed E-state index contributed by atoms with van der Waals surface area (Å²) in [5.74, 6) is 0.567. The van der Waals surface area contributed by atoms with Gasteiger partial charge in [-0.3, -0.25) is 0 Å². The molecule has 0 saturated heterocycles. The molecule has 28 heavy (non-hydrogen) atoms. The Balaban J connectivity index is 1.70. The Kier molecular flexibility index (Phi) is 6.35. The van der Waals surface area contributed by atoms with Gasteiger partial charge >= 0.3 is 0 Å².